The highest BCUT2D eigenvalue weighted by atomic mass is 35.5. The normalized spacial score (nSPS) is 11.0. The Kier molecular flexibility index (Phi) is 4.04. The Morgan fingerprint density at radius 1 is 1.50 bits per heavy atom. The first kappa shape index (κ1) is 11.6. The lowest BCUT2D eigenvalue weighted by atomic mass is 10.1. The molecular weight excluding hydrogens is 235 g/mol. The van der Waals surface area contributed by atoms with Crippen LogP contribution in [-0.2, 0) is 12.5 Å². The van der Waals surface area contributed by atoms with E-state index in [4.69, 9.17) is 28.3 Å². The summed E-state index contributed by atoms with van der Waals surface area (Å²) in [6, 6.07) is 0. The lowest BCUT2D eigenvalue weighted by molar-refractivity contribution is 0.146. The molecule has 0 aliphatic rings. The van der Waals surface area contributed by atoms with Crippen LogP contribution in [-0.4, -0.2) is 10.1 Å². The molecule has 0 saturated heterocycles. The first-order valence-electron chi connectivity index (χ1n) is 3.73. The van der Waals surface area contributed by atoms with Gasteiger partial charge >= 0.3 is 0 Å². The molecule has 0 spiro atoms. The predicted octanol–water partition coefficient (Wildman–Crippen LogP) is 2.90. The Morgan fingerprint density at radius 2 is 2.14 bits per heavy atom. The van der Waals surface area contributed by atoms with Crippen molar-refractivity contribution in [3.05, 3.63) is 28.0 Å². The summed E-state index contributed by atoms with van der Waals surface area (Å²) in [6.45, 7) is -0.506. The predicted molar refractivity (Wildman–Crippen MR) is 49.7 cm³/mol. The molecule has 0 aliphatic carbocycles. The number of hydrogen-bond donors (Lipinski definition) is 1. The second-order valence-corrected chi connectivity index (χ2v) is 3.18. The van der Waals surface area contributed by atoms with Crippen LogP contribution in [0.3, 0.4) is 0 Å². The molecule has 1 heterocycles. The molecule has 0 unspecified atom stereocenters. The molecule has 1 aromatic rings. The molecule has 2 nitrogen and oxygen atoms in total. The van der Waals surface area contributed by atoms with E-state index < -0.39 is 13.0 Å². The average Bonchev–Trinajstić information content (AvgIpc) is 2.17. The molecule has 0 amide bonds. The largest absolute Gasteiger partial charge is 0.392 e. The molecule has 0 fully saturated rings. The Bertz CT molecular complexity index is 333. The summed E-state index contributed by atoms with van der Waals surface area (Å²) >= 11 is 11.1. The topological polar surface area (TPSA) is 33.1 Å². The summed E-state index contributed by atoms with van der Waals surface area (Å²) in [6.07, 6.45) is -1.59. The molecule has 1 N–H and O–H groups in total. The van der Waals surface area contributed by atoms with Gasteiger partial charge in [0.05, 0.1) is 12.5 Å². The van der Waals surface area contributed by atoms with E-state index in [1.165, 1.54) is 0 Å². The monoisotopic (exact) mass is 241 g/mol. The Labute approximate surface area is 89.5 Å². The second kappa shape index (κ2) is 4.87. The van der Waals surface area contributed by atoms with E-state index in [1.54, 1.807) is 0 Å². The highest BCUT2D eigenvalue weighted by Crippen LogP contribution is 2.31. The van der Waals surface area contributed by atoms with E-state index >= 15 is 0 Å². The number of aromatic nitrogens is 1. The number of alkyl halides is 3. The van der Waals surface area contributed by atoms with E-state index in [9.17, 15) is 8.78 Å². The third-order valence-corrected chi connectivity index (χ3v) is 2.37. The number of aliphatic hydroxyl groups excluding tert-OH is 1. The van der Waals surface area contributed by atoms with Gasteiger partial charge in [-0.25, -0.2) is 13.8 Å². The highest BCUT2D eigenvalue weighted by Gasteiger charge is 2.20. The van der Waals surface area contributed by atoms with Crippen LogP contribution < -0.4 is 0 Å². The minimum Gasteiger partial charge on any atom is -0.392 e. The second-order valence-electron chi connectivity index (χ2n) is 2.56. The standard InChI is InChI=1S/C8H7Cl2F2NO/c9-1-5-6(8(11)12)4(3-14)2-13-7(5)10/h2,8,14H,1,3H2. The molecular formula is C8H7Cl2F2NO. The molecule has 1 aromatic heterocycles. The minimum atomic E-state index is -2.72. The van der Waals surface area contributed by atoms with Crippen molar-refractivity contribution in [1.82, 2.24) is 4.98 Å². The van der Waals surface area contributed by atoms with Crippen molar-refractivity contribution in [2.45, 2.75) is 18.9 Å². The van der Waals surface area contributed by atoms with Crippen molar-refractivity contribution < 1.29 is 13.9 Å². The summed E-state index contributed by atoms with van der Waals surface area (Å²) in [5.41, 5.74) is -0.183. The van der Waals surface area contributed by atoms with E-state index in [1.807, 2.05) is 0 Å². The molecule has 0 aromatic carbocycles. The van der Waals surface area contributed by atoms with Gasteiger partial charge in [-0.2, -0.15) is 0 Å². The third kappa shape index (κ3) is 2.13. The maximum atomic E-state index is 12.6. The molecule has 14 heavy (non-hydrogen) atoms. The van der Waals surface area contributed by atoms with Gasteiger partial charge in [-0.05, 0) is 0 Å². The van der Waals surface area contributed by atoms with Crippen molar-refractivity contribution in [2.75, 3.05) is 0 Å². The molecule has 1 rings (SSSR count). The number of aliphatic hydroxyl groups is 1. The van der Waals surface area contributed by atoms with Crippen molar-refractivity contribution in [3.8, 4) is 0 Å². The minimum absolute atomic E-state index is 0.0486. The van der Waals surface area contributed by atoms with Gasteiger partial charge < -0.3 is 5.11 Å². The average molecular weight is 242 g/mol. The fourth-order valence-electron chi connectivity index (χ4n) is 1.11. The summed E-state index contributed by atoms with van der Waals surface area (Å²) in [7, 11) is 0. The van der Waals surface area contributed by atoms with E-state index in [-0.39, 0.29) is 27.7 Å². The zero-order chi connectivity index (χ0) is 10.7. The number of halogens is 4. The number of nitrogens with zero attached hydrogens (tertiary/aromatic N) is 1. The quantitative estimate of drug-likeness (QED) is 0.652. The zero-order valence-corrected chi connectivity index (χ0v) is 8.49. The maximum Gasteiger partial charge on any atom is 0.264 e. The van der Waals surface area contributed by atoms with Crippen LogP contribution in [0.4, 0.5) is 8.78 Å². The molecule has 0 aliphatic heterocycles. The first-order valence-corrected chi connectivity index (χ1v) is 4.64. The Hall–Kier alpha value is -0.450. The molecule has 0 atom stereocenters. The van der Waals surface area contributed by atoms with Crippen LogP contribution >= 0.6 is 23.2 Å². The number of pyridine rings is 1. The zero-order valence-electron chi connectivity index (χ0n) is 6.98. The maximum absolute atomic E-state index is 12.6. The highest BCUT2D eigenvalue weighted by molar-refractivity contribution is 6.31. The van der Waals surface area contributed by atoms with Crippen LogP contribution in [0.15, 0.2) is 6.20 Å². The summed E-state index contributed by atoms with van der Waals surface area (Å²) in [5.74, 6) is -0.153. The number of hydrogen-bond acceptors (Lipinski definition) is 2. The fourth-order valence-corrected chi connectivity index (χ4v) is 1.67. The van der Waals surface area contributed by atoms with E-state index in [2.05, 4.69) is 4.98 Å². The molecule has 0 radical (unpaired) electrons. The van der Waals surface area contributed by atoms with E-state index in [0.29, 0.717) is 0 Å². The lowest BCUT2D eigenvalue weighted by Crippen LogP contribution is -2.02. The summed E-state index contributed by atoms with van der Waals surface area (Å²) in [4.78, 5) is 3.65. The summed E-state index contributed by atoms with van der Waals surface area (Å²) in [5, 5.41) is 8.77. The lowest BCUT2D eigenvalue weighted by Gasteiger charge is -2.11. The van der Waals surface area contributed by atoms with Gasteiger partial charge in [0.25, 0.3) is 6.43 Å². The van der Waals surface area contributed by atoms with Crippen LogP contribution in [0.1, 0.15) is 23.1 Å². The molecule has 78 valence electrons. The van der Waals surface area contributed by atoms with Crippen molar-refractivity contribution in [2.24, 2.45) is 0 Å². The Morgan fingerprint density at radius 3 is 2.57 bits per heavy atom. The van der Waals surface area contributed by atoms with Gasteiger partial charge in [-0.1, -0.05) is 11.6 Å². The van der Waals surface area contributed by atoms with Crippen LogP contribution in [0, 0.1) is 0 Å². The van der Waals surface area contributed by atoms with Crippen molar-refractivity contribution >= 4 is 23.2 Å². The Balaban J connectivity index is 3.36. The van der Waals surface area contributed by atoms with Crippen LogP contribution in [0.2, 0.25) is 5.15 Å². The van der Waals surface area contributed by atoms with Crippen LogP contribution in [0.5, 0.6) is 0 Å². The van der Waals surface area contributed by atoms with Gasteiger partial charge in [0.15, 0.2) is 0 Å². The SMILES string of the molecule is OCc1cnc(Cl)c(CCl)c1C(F)F. The number of rotatable bonds is 3. The van der Waals surface area contributed by atoms with Gasteiger partial charge in [-0.15, -0.1) is 11.6 Å². The van der Waals surface area contributed by atoms with Gasteiger partial charge in [0, 0.05) is 22.9 Å². The first-order chi connectivity index (χ1) is 6.61. The third-order valence-electron chi connectivity index (χ3n) is 1.78. The smallest absolute Gasteiger partial charge is 0.264 e. The molecule has 6 heteroatoms. The van der Waals surface area contributed by atoms with Crippen molar-refractivity contribution in [1.29, 1.82) is 0 Å². The van der Waals surface area contributed by atoms with E-state index in [0.717, 1.165) is 6.20 Å². The van der Waals surface area contributed by atoms with Gasteiger partial charge in [0.2, 0.25) is 0 Å². The van der Waals surface area contributed by atoms with Gasteiger partial charge in [-0.3, -0.25) is 0 Å². The molecule has 0 saturated carbocycles. The molecule has 0 bridgehead atoms. The van der Waals surface area contributed by atoms with Crippen LogP contribution in [0.25, 0.3) is 0 Å². The van der Waals surface area contributed by atoms with Gasteiger partial charge in [0.1, 0.15) is 5.15 Å². The summed E-state index contributed by atoms with van der Waals surface area (Å²) < 4.78 is 25.2. The van der Waals surface area contributed by atoms with Crippen molar-refractivity contribution in [3.63, 3.8) is 0 Å². The fraction of sp³-hybridized carbons (Fsp3) is 0.375.